The maximum absolute atomic E-state index is 4.57. The van der Waals surface area contributed by atoms with Crippen molar-refractivity contribution in [1.82, 2.24) is 15.1 Å². The lowest BCUT2D eigenvalue weighted by molar-refractivity contribution is 0.570. The molecular weight excluding hydrogens is 258 g/mol. The molecule has 0 fully saturated rings. The molecule has 1 aromatic heterocycles. The summed E-state index contributed by atoms with van der Waals surface area (Å²) in [5.41, 5.74) is 5.23. The van der Waals surface area contributed by atoms with Gasteiger partial charge in [-0.25, -0.2) is 0 Å². The summed E-state index contributed by atoms with van der Waals surface area (Å²) in [6, 6.07) is 11.1. The number of hydrogen-bond donors (Lipinski definition) is 1. The monoisotopic (exact) mass is 285 g/mol. The van der Waals surface area contributed by atoms with E-state index in [0.29, 0.717) is 5.92 Å². The second kappa shape index (κ2) is 7.41. The number of aromatic nitrogens is 2. The molecular formula is C18H27N3. The second-order valence-electron chi connectivity index (χ2n) is 5.73. The summed E-state index contributed by atoms with van der Waals surface area (Å²) < 4.78 is 2.04. The van der Waals surface area contributed by atoms with Crippen molar-refractivity contribution in [3.63, 3.8) is 0 Å². The number of nitrogens with one attached hydrogen (secondary N) is 1. The quantitative estimate of drug-likeness (QED) is 0.846. The van der Waals surface area contributed by atoms with Gasteiger partial charge in [-0.15, -0.1) is 0 Å². The van der Waals surface area contributed by atoms with Crippen LogP contribution in [0.15, 0.2) is 30.3 Å². The molecule has 0 spiro atoms. The van der Waals surface area contributed by atoms with E-state index in [4.69, 9.17) is 0 Å². The van der Waals surface area contributed by atoms with Gasteiger partial charge >= 0.3 is 0 Å². The van der Waals surface area contributed by atoms with Crippen molar-refractivity contribution in [2.45, 2.75) is 39.5 Å². The fourth-order valence-electron chi connectivity index (χ4n) is 2.74. The average molecular weight is 285 g/mol. The van der Waals surface area contributed by atoms with E-state index in [1.54, 1.807) is 0 Å². The average Bonchev–Trinajstić information content (AvgIpc) is 2.83. The van der Waals surface area contributed by atoms with Crippen molar-refractivity contribution in [3.8, 4) is 0 Å². The van der Waals surface area contributed by atoms with Gasteiger partial charge in [-0.05, 0) is 37.9 Å². The highest BCUT2D eigenvalue weighted by Crippen LogP contribution is 2.22. The van der Waals surface area contributed by atoms with Crippen molar-refractivity contribution >= 4 is 0 Å². The summed E-state index contributed by atoms with van der Waals surface area (Å²) in [6.45, 7) is 8.49. The van der Waals surface area contributed by atoms with E-state index in [1.807, 2.05) is 4.68 Å². The SMILES string of the molecule is CCNCC(Cc1cc(CC)nn1C)c1cccc(C)c1. The number of likely N-dealkylation sites (N-methyl/N-ethyl adjacent to an activating group) is 1. The first kappa shape index (κ1) is 15.8. The molecule has 21 heavy (non-hydrogen) atoms. The topological polar surface area (TPSA) is 29.9 Å². The van der Waals surface area contributed by atoms with Crippen LogP contribution in [-0.4, -0.2) is 22.9 Å². The van der Waals surface area contributed by atoms with Crippen LogP contribution in [0.25, 0.3) is 0 Å². The Balaban J connectivity index is 2.21. The molecule has 1 atom stereocenters. The molecule has 3 heteroatoms. The zero-order valence-electron chi connectivity index (χ0n) is 13.7. The maximum Gasteiger partial charge on any atom is 0.0624 e. The molecule has 0 saturated carbocycles. The summed E-state index contributed by atoms with van der Waals surface area (Å²) in [5, 5.41) is 8.07. The van der Waals surface area contributed by atoms with Gasteiger partial charge in [0, 0.05) is 25.2 Å². The van der Waals surface area contributed by atoms with E-state index in [2.05, 4.69) is 68.6 Å². The van der Waals surface area contributed by atoms with Gasteiger partial charge < -0.3 is 5.32 Å². The van der Waals surface area contributed by atoms with Crippen LogP contribution >= 0.6 is 0 Å². The van der Waals surface area contributed by atoms with Gasteiger partial charge in [0.15, 0.2) is 0 Å². The molecule has 1 unspecified atom stereocenters. The van der Waals surface area contributed by atoms with E-state index in [-0.39, 0.29) is 0 Å². The Morgan fingerprint density at radius 2 is 2.05 bits per heavy atom. The van der Waals surface area contributed by atoms with Crippen LogP contribution in [0, 0.1) is 6.92 Å². The Hall–Kier alpha value is -1.61. The third-order valence-corrected chi connectivity index (χ3v) is 4.00. The van der Waals surface area contributed by atoms with Crippen molar-refractivity contribution in [2.24, 2.45) is 7.05 Å². The summed E-state index contributed by atoms with van der Waals surface area (Å²) in [7, 11) is 2.05. The van der Waals surface area contributed by atoms with Crippen molar-refractivity contribution in [2.75, 3.05) is 13.1 Å². The van der Waals surface area contributed by atoms with Crippen molar-refractivity contribution in [3.05, 3.63) is 52.8 Å². The summed E-state index contributed by atoms with van der Waals surface area (Å²) in [4.78, 5) is 0. The standard InChI is InChI=1S/C18H27N3/c1-5-17-12-18(21(4)20-17)11-16(13-19-6-2)15-9-7-8-14(3)10-15/h7-10,12,16,19H,5-6,11,13H2,1-4H3. The predicted octanol–water partition coefficient (Wildman–Crippen LogP) is 3.23. The molecule has 1 heterocycles. The molecule has 2 rings (SSSR count). The third-order valence-electron chi connectivity index (χ3n) is 4.00. The number of aryl methyl sites for hydroxylation is 3. The van der Waals surface area contributed by atoms with Gasteiger partial charge in [0.2, 0.25) is 0 Å². The largest absolute Gasteiger partial charge is 0.316 e. The molecule has 0 aliphatic heterocycles. The zero-order valence-corrected chi connectivity index (χ0v) is 13.7. The molecule has 0 saturated heterocycles. The van der Waals surface area contributed by atoms with Crippen LogP contribution in [-0.2, 0) is 19.9 Å². The van der Waals surface area contributed by atoms with Gasteiger partial charge in [0.05, 0.1) is 5.69 Å². The van der Waals surface area contributed by atoms with Crippen molar-refractivity contribution < 1.29 is 0 Å². The third kappa shape index (κ3) is 4.18. The Morgan fingerprint density at radius 3 is 2.67 bits per heavy atom. The fraction of sp³-hybridized carbons (Fsp3) is 0.500. The van der Waals surface area contributed by atoms with Gasteiger partial charge in [-0.2, -0.15) is 5.10 Å². The highest BCUT2D eigenvalue weighted by molar-refractivity contribution is 5.27. The van der Waals surface area contributed by atoms with Crippen LogP contribution in [0.1, 0.15) is 42.3 Å². The first-order valence-electron chi connectivity index (χ1n) is 7.93. The fourth-order valence-corrected chi connectivity index (χ4v) is 2.74. The first-order chi connectivity index (χ1) is 10.1. The molecule has 114 valence electrons. The van der Waals surface area contributed by atoms with Gasteiger partial charge in [-0.1, -0.05) is 43.7 Å². The molecule has 2 aromatic rings. The minimum absolute atomic E-state index is 0.491. The van der Waals surface area contributed by atoms with Crippen LogP contribution in [0.5, 0.6) is 0 Å². The molecule has 0 bridgehead atoms. The molecule has 0 radical (unpaired) electrons. The smallest absolute Gasteiger partial charge is 0.0624 e. The lowest BCUT2D eigenvalue weighted by Gasteiger charge is -2.18. The number of rotatable bonds is 7. The predicted molar refractivity (Wildman–Crippen MR) is 88.8 cm³/mol. The summed E-state index contributed by atoms with van der Waals surface area (Å²) in [5.74, 6) is 0.491. The normalized spacial score (nSPS) is 12.6. The summed E-state index contributed by atoms with van der Waals surface area (Å²) >= 11 is 0. The molecule has 1 N–H and O–H groups in total. The zero-order chi connectivity index (χ0) is 15.2. The van der Waals surface area contributed by atoms with Crippen LogP contribution < -0.4 is 5.32 Å². The number of nitrogens with zero attached hydrogens (tertiary/aromatic N) is 2. The minimum atomic E-state index is 0.491. The Labute approximate surface area is 128 Å². The Kier molecular flexibility index (Phi) is 5.57. The van der Waals surface area contributed by atoms with E-state index in [0.717, 1.165) is 25.9 Å². The van der Waals surface area contributed by atoms with E-state index >= 15 is 0 Å². The lowest BCUT2D eigenvalue weighted by atomic mass is 9.92. The number of benzene rings is 1. The molecule has 1 aromatic carbocycles. The van der Waals surface area contributed by atoms with Gasteiger partial charge in [0.25, 0.3) is 0 Å². The van der Waals surface area contributed by atoms with E-state index in [9.17, 15) is 0 Å². The number of hydrogen-bond acceptors (Lipinski definition) is 2. The highest BCUT2D eigenvalue weighted by Gasteiger charge is 2.15. The Morgan fingerprint density at radius 1 is 1.24 bits per heavy atom. The molecule has 0 amide bonds. The van der Waals surface area contributed by atoms with Crippen LogP contribution in [0.3, 0.4) is 0 Å². The van der Waals surface area contributed by atoms with Gasteiger partial charge in [-0.3, -0.25) is 4.68 Å². The van der Waals surface area contributed by atoms with Gasteiger partial charge in [0.1, 0.15) is 0 Å². The van der Waals surface area contributed by atoms with Crippen molar-refractivity contribution in [1.29, 1.82) is 0 Å². The molecule has 3 nitrogen and oxygen atoms in total. The minimum Gasteiger partial charge on any atom is -0.316 e. The van der Waals surface area contributed by atoms with Crippen LogP contribution in [0.4, 0.5) is 0 Å². The maximum atomic E-state index is 4.57. The highest BCUT2D eigenvalue weighted by atomic mass is 15.3. The molecule has 0 aliphatic rings. The Bertz CT molecular complexity index is 572. The summed E-state index contributed by atoms with van der Waals surface area (Å²) in [6.07, 6.45) is 2.02. The second-order valence-corrected chi connectivity index (χ2v) is 5.73. The van der Waals surface area contributed by atoms with Crippen LogP contribution in [0.2, 0.25) is 0 Å². The lowest BCUT2D eigenvalue weighted by Crippen LogP contribution is -2.23. The van der Waals surface area contributed by atoms with E-state index < -0.39 is 0 Å². The van der Waals surface area contributed by atoms with E-state index in [1.165, 1.54) is 22.5 Å². The molecule has 0 aliphatic carbocycles. The first-order valence-corrected chi connectivity index (χ1v) is 7.93.